The zero-order chi connectivity index (χ0) is 24.5. The maximum Gasteiger partial charge on any atom is 0.191 e. The molecule has 1 aliphatic heterocycles. The van der Waals surface area contributed by atoms with Crippen LogP contribution in [0.15, 0.2) is 23.4 Å². The van der Waals surface area contributed by atoms with Crippen molar-refractivity contribution in [1.29, 1.82) is 0 Å². The van der Waals surface area contributed by atoms with E-state index in [0.29, 0.717) is 11.8 Å². The van der Waals surface area contributed by atoms with Crippen LogP contribution in [0.5, 0.6) is 0 Å². The summed E-state index contributed by atoms with van der Waals surface area (Å²) in [6, 6.07) is 4.44. The Morgan fingerprint density at radius 3 is 2.86 bits per heavy atom. The molecule has 4 unspecified atom stereocenters. The molecule has 2 fully saturated rings. The van der Waals surface area contributed by atoms with E-state index in [9.17, 15) is 8.78 Å². The van der Waals surface area contributed by atoms with E-state index in [1.54, 1.807) is 17.8 Å². The Bertz CT molecular complexity index is 1060. The Labute approximate surface area is 208 Å². The third-order valence-corrected chi connectivity index (χ3v) is 7.81. The number of hydrogen-bond acceptors (Lipinski definition) is 9. The molecule has 2 aliphatic carbocycles. The van der Waals surface area contributed by atoms with Gasteiger partial charge in [0, 0.05) is 24.8 Å². The van der Waals surface area contributed by atoms with Gasteiger partial charge in [0.1, 0.15) is 5.69 Å². The number of fused-ring (bicyclic) bond motifs is 1. The van der Waals surface area contributed by atoms with Gasteiger partial charge in [-0.25, -0.2) is 18.7 Å². The highest BCUT2D eigenvalue weighted by Gasteiger charge is 2.42. The maximum atomic E-state index is 13.8. The van der Waals surface area contributed by atoms with Gasteiger partial charge in [0.2, 0.25) is 0 Å². The van der Waals surface area contributed by atoms with Crippen molar-refractivity contribution in [2.75, 3.05) is 41.3 Å². The number of thioether (sulfide) groups is 1. The lowest BCUT2D eigenvalue weighted by Crippen LogP contribution is -2.47. The lowest BCUT2D eigenvalue weighted by molar-refractivity contribution is 0.0321. The predicted molar refractivity (Wildman–Crippen MR) is 133 cm³/mol. The molecular formula is C24H32F2N6O2S. The fourth-order valence-corrected chi connectivity index (χ4v) is 5.63. The molecule has 190 valence electrons. The summed E-state index contributed by atoms with van der Waals surface area (Å²) in [6.45, 7) is 2.51. The summed E-state index contributed by atoms with van der Waals surface area (Å²) < 4.78 is 32.9. The van der Waals surface area contributed by atoms with Crippen molar-refractivity contribution in [1.82, 2.24) is 15.5 Å². The van der Waals surface area contributed by atoms with Crippen molar-refractivity contribution in [2.45, 2.75) is 68.3 Å². The van der Waals surface area contributed by atoms with Crippen LogP contribution in [0.3, 0.4) is 0 Å². The van der Waals surface area contributed by atoms with Gasteiger partial charge >= 0.3 is 0 Å². The van der Waals surface area contributed by atoms with Crippen molar-refractivity contribution < 1.29 is 18.6 Å². The number of rotatable bonds is 10. The molecule has 0 saturated heterocycles. The van der Waals surface area contributed by atoms with Crippen molar-refractivity contribution in [2.24, 2.45) is 0 Å². The molecule has 0 spiro atoms. The molecular weight excluding hydrogens is 474 g/mol. The second-order valence-corrected chi connectivity index (χ2v) is 10.4. The lowest BCUT2D eigenvalue weighted by atomic mass is 10.1. The molecule has 3 aliphatic rings. The molecule has 0 bridgehead atoms. The zero-order valence-corrected chi connectivity index (χ0v) is 20.8. The van der Waals surface area contributed by atoms with E-state index >= 15 is 0 Å². The minimum Gasteiger partial charge on any atom is -0.394 e. The van der Waals surface area contributed by atoms with Crippen molar-refractivity contribution in [3.05, 3.63) is 35.4 Å². The number of hydrazine groups is 2. The smallest absolute Gasteiger partial charge is 0.191 e. The van der Waals surface area contributed by atoms with Crippen LogP contribution >= 0.6 is 11.8 Å². The van der Waals surface area contributed by atoms with Crippen molar-refractivity contribution >= 4 is 29.1 Å². The number of ether oxygens (including phenoxy) is 1. The number of hydrogen-bond donors (Lipinski definition) is 3. The van der Waals surface area contributed by atoms with Crippen LogP contribution in [0, 0.1) is 11.6 Å². The Hall–Kier alpha value is -2.21. The Morgan fingerprint density at radius 2 is 2.09 bits per heavy atom. The quantitative estimate of drug-likeness (QED) is 0.329. The van der Waals surface area contributed by atoms with Gasteiger partial charge in [-0.1, -0.05) is 24.8 Å². The van der Waals surface area contributed by atoms with Crippen LogP contribution in [0.2, 0.25) is 0 Å². The fraction of sp³-hybridized carbons (Fsp3) is 0.583. The second-order valence-electron chi connectivity index (χ2n) is 9.35. The average molecular weight is 507 g/mol. The third kappa shape index (κ3) is 5.18. The first-order valence-electron chi connectivity index (χ1n) is 12.3. The molecule has 0 amide bonds. The summed E-state index contributed by atoms with van der Waals surface area (Å²) in [5.74, 6) is 0.967. The molecule has 11 heteroatoms. The molecule has 8 nitrogen and oxygen atoms in total. The number of aliphatic hydroxyl groups excluding tert-OH is 1. The normalized spacial score (nSPS) is 25.3. The van der Waals surface area contributed by atoms with E-state index in [4.69, 9.17) is 19.8 Å². The van der Waals surface area contributed by atoms with Gasteiger partial charge in [-0.3, -0.25) is 10.0 Å². The summed E-state index contributed by atoms with van der Waals surface area (Å²) in [5, 5.41) is 17.4. The highest BCUT2D eigenvalue weighted by molar-refractivity contribution is 7.99. The van der Waals surface area contributed by atoms with Gasteiger partial charge in [0.15, 0.2) is 28.4 Å². The number of nitrogens with one attached hydrogen (secondary N) is 2. The van der Waals surface area contributed by atoms with Gasteiger partial charge in [-0.15, -0.1) is 5.53 Å². The fourth-order valence-electron chi connectivity index (χ4n) is 4.94. The monoisotopic (exact) mass is 506 g/mol. The molecule has 1 aromatic carbocycles. The first-order chi connectivity index (χ1) is 17.0. The van der Waals surface area contributed by atoms with Crippen molar-refractivity contribution in [3.63, 3.8) is 0 Å². The van der Waals surface area contributed by atoms with E-state index < -0.39 is 11.6 Å². The Kier molecular flexibility index (Phi) is 7.29. The van der Waals surface area contributed by atoms with Crippen LogP contribution in [0.4, 0.5) is 26.1 Å². The van der Waals surface area contributed by atoms with Crippen LogP contribution < -0.4 is 20.9 Å². The highest BCUT2D eigenvalue weighted by Crippen LogP contribution is 2.47. The first-order valence-corrected chi connectivity index (χ1v) is 13.2. The van der Waals surface area contributed by atoms with Crippen LogP contribution in [-0.4, -0.2) is 59.3 Å². The van der Waals surface area contributed by atoms with E-state index in [-0.39, 0.29) is 30.7 Å². The Balaban J connectivity index is 1.37. The molecule has 4 atom stereocenters. The minimum absolute atomic E-state index is 0.0295. The lowest BCUT2D eigenvalue weighted by Gasteiger charge is -2.26. The zero-order valence-electron chi connectivity index (χ0n) is 20.0. The van der Waals surface area contributed by atoms with Crippen LogP contribution in [0.25, 0.3) is 0 Å². The summed E-state index contributed by atoms with van der Waals surface area (Å²) in [5.41, 5.74) is 5.10. The Morgan fingerprint density at radius 1 is 1.23 bits per heavy atom. The summed E-state index contributed by atoms with van der Waals surface area (Å²) in [7, 11) is 1.95. The van der Waals surface area contributed by atoms with E-state index in [2.05, 4.69) is 22.8 Å². The average Bonchev–Trinajstić information content (AvgIpc) is 3.30. The largest absolute Gasteiger partial charge is 0.394 e. The van der Waals surface area contributed by atoms with E-state index in [0.717, 1.165) is 60.7 Å². The van der Waals surface area contributed by atoms with Gasteiger partial charge in [-0.05, 0) is 49.8 Å². The van der Waals surface area contributed by atoms with Gasteiger partial charge in [0.05, 0.1) is 25.4 Å². The number of aromatic nitrogens is 2. The SMILES string of the molecule is CCCSc1nc(NC2CC2c2ccc(F)c(F)c2)c2c(n1)N(C1CCC(OCCO)C1)NN2C. The standard InChI is InChI=1S/C24H32F2N6O2S/c1-3-10-35-24-28-22(27-20-13-17(20)14-4-7-18(25)19(26)11-14)21-23(29-24)32(30-31(21)2)15-5-6-16(12-15)34-9-8-33/h4,7,11,15-17,20,30,33H,3,5-6,8-10,12-13H2,1-2H3,(H,27,28,29). The van der Waals surface area contributed by atoms with Crippen LogP contribution in [0.1, 0.15) is 50.5 Å². The molecule has 1 aromatic heterocycles. The molecule has 3 N–H and O–H groups in total. The minimum atomic E-state index is -0.825. The van der Waals surface area contributed by atoms with Crippen LogP contribution in [-0.2, 0) is 4.74 Å². The van der Waals surface area contributed by atoms with E-state index in [1.165, 1.54) is 12.1 Å². The summed E-state index contributed by atoms with van der Waals surface area (Å²) in [6.07, 6.45) is 4.72. The van der Waals surface area contributed by atoms with E-state index in [1.807, 2.05) is 12.1 Å². The third-order valence-electron chi connectivity index (χ3n) is 6.75. The molecule has 2 aromatic rings. The number of anilines is 3. The molecule has 5 rings (SSSR count). The van der Waals surface area contributed by atoms with Gasteiger partial charge in [0.25, 0.3) is 0 Å². The predicted octanol–water partition coefficient (Wildman–Crippen LogP) is 3.83. The molecule has 35 heavy (non-hydrogen) atoms. The van der Waals surface area contributed by atoms with Gasteiger partial charge in [-0.2, -0.15) is 0 Å². The maximum absolute atomic E-state index is 13.8. The van der Waals surface area contributed by atoms with Crippen molar-refractivity contribution in [3.8, 4) is 0 Å². The number of benzene rings is 1. The molecule has 0 radical (unpaired) electrons. The second kappa shape index (κ2) is 10.4. The highest BCUT2D eigenvalue weighted by atomic mass is 32.2. The number of nitrogens with zero attached hydrogens (tertiary/aromatic N) is 4. The summed E-state index contributed by atoms with van der Waals surface area (Å²) >= 11 is 1.63. The molecule has 2 saturated carbocycles. The number of aliphatic hydroxyl groups is 1. The number of halogens is 2. The summed E-state index contributed by atoms with van der Waals surface area (Å²) in [4.78, 5) is 9.74. The topological polar surface area (TPSA) is 85.8 Å². The molecule has 2 heterocycles. The van der Waals surface area contributed by atoms with Gasteiger partial charge < -0.3 is 15.2 Å². The first kappa shape index (κ1) is 24.5.